The van der Waals surface area contributed by atoms with Crippen molar-refractivity contribution < 1.29 is 10.9 Å². The van der Waals surface area contributed by atoms with Crippen LogP contribution in [0.5, 0.6) is 11.6 Å². The summed E-state index contributed by atoms with van der Waals surface area (Å²) < 4.78 is 10.3. The Bertz CT molecular complexity index is 256. The zero-order chi connectivity index (χ0) is 13.7. The minimum Gasteiger partial charge on any atom is -0.495 e. The van der Waals surface area contributed by atoms with E-state index in [1.54, 1.807) is 25.4 Å². The van der Waals surface area contributed by atoms with Gasteiger partial charge < -0.3 is 15.2 Å². The summed E-state index contributed by atoms with van der Waals surface area (Å²) in [6, 6.07) is 3.55. The van der Waals surface area contributed by atoms with Gasteiger partial charge in [0.05, 0.1) is 13.3 Å². The Morgan fingerprint density at radius 1 is 1.29 bits per heavy atom. The third-order valence-electron chi connectivity index (χ3n) is 1.60. The van der Waals surface area contributed by atoms with E-state index in [9.17, 15) is 0 Å². The van der Waals surface area contributed by atoms with Crippen molar-refractivity contribution in [1.29, 1.82) is 0 Å². The maximum absolute atomic E-state index is 5.40. The second kappa shape index (κ2) is 12.8. The van der Waals surface area contributed by atoms with Crippen molar-refractivity contribution in [3.05, 3.63) is 18.3 Å². The van der Waals surface area contributed by atoms with Gasteiger partial charge in [-0.15, -0.1) is 0 Å². The molecule has 2 N–H and O–H groups in total. The first-order valence-corrected chi connectivity index (χ1v) is 6.13. The van der Waals surface area contributed by atoms with Gasteiger partial charge in [-0.25, -0.2) is 4.98 Å². The molecule has 4 heteroatoms. The minimum atomic E-state index is -0.0131. The van der Waals surface area contributed by atoms with E-state index in [-0.39, 0.29) is 7.53 Å². The molecule has 0 amide bonds. The van der Waals surface area contributed by atoms with Crippen LogP contribution in [0.2, 0.25) is 0 Å². The Morgan fingerprint density at radius 3 is 2.24 bits per heavy atom. The summed E-state index contributed by atoms with van der Waals surface area (Å²) in [6.07, 6.45) is 1.60. The average Bonchev–Trinajstić information content (AvgIpc) is 2.44. The van der Waals surface area contributed by atoms with Crippen LogP contribution in [0.1, 0.15) is 36.0 Å². The molecular weight excluding hydrogens is 216 g/mol. The highest BCUT2D eigenvalue weighted by molar-refractivity contribution is 5.22. The summed E-state index contributed by atoms with van der Waals surface area (Å²) in [4.78, 5) is 4.03. The van der Waals surface area contributed by atoms with Gasteiger partial charge in [0.1, 0.15) is 11.9 Å². The second-order valence-corrected chi connectivity index (χ2v) is 2.70. The van der Waals surface area contributed by atoms with Crippen LogP contribution >= 0.6 is 0 Å². The number of pyridine rings is 1. The summed E-state index contributed by atoms with van der Waals surface area (Å²) in [7, 11) is 1.60. The van der Waals surface area contributed by atoms with E-state index >= 15 is 0 Å². The van der Waals surface area contributed by atoms with Crippen molar-refractivity contribution in [2.45, 2.75) is 40.7 Å². The number of rotatable bonds is 4. The Kier molecular flexibility index (Phi) is 13.6. The van der Waals surface area contributed by atoms with Gasteiger partial charge in [0.2, 0.25) is 5.88 Å². The van der Waals surface area contributed by atoms with Gasteiger partial charge in [0.15, 0.2) is 0 Å². The monoisotopic (exact) mass is 244 g/mol. The second-order valence-electron chi connectivity index (χ2n) is 2.70. The van der Waals surface area contributed by atoms with Crippen molar-refractivity contribution in [3.63, 3.8) is 0 Å². The number of nitrogens with two attached hydrogens (primary N) is 1. The lowest BCUT2D eigenvalue weighted by atomic mass is 10.4. The quantitative estimate of drug-likeness (QED) is 0.884. The highest BCUT2D eigenvalue weighted by Crippen LogP contribution is 2.13. The van der Waals surface area contributed by atoms with E-state index in [2.05, 4.69) is 4.98 Å². The van der Waals surface area contributed by atoms with Crippen LogP contribution in [0.4, 0.5) is 0 Å². The fraction of sp³-hybridized carbons (Fsp3) is 0.615. The molecule has 0 saturated heterocycles. The highest BCUT2D eigenvalue weighted by atomic mass is 16.5. The topological polar surface area (TPSA) is 57.4 Å². The van der Waals surface area contributed by atoms with Crippen molar-refractivity contribution in [3.8, 4) is 11.6 Å². The Morgan fingerprint density at radius 2 is 1.88 bits per heavy atom. The van der Waals surface area contributed by atoms with Gasteiger partial charge in [-0.05, 0) is 13.0 Å². The first-order valence-electron chi connectivity index (χ1n) is 6.13. The standard InChI is InChI=1S/C9H14N2O2.2C2H6.H2/c1-7(5-10)13-9-4-3-8(12-2)6-11-9;2*1-2;/h3-4,6-7H,5,10H2,1-2H3;2*1-2H3;1H/t7-;;;/m0.../s1. The molecular formula is C13H28N2O2. The molecule has 17 heavy (non-hydrogen) atoms. The van der Waals surface area contributed by atoms with Gasteiger partial charge in [-0.1, -0.05) is 27.7 Å². The summed E-state index contributed by atoms with van der Waals surface area (Å²) >= 11 is 0. The lowest BCUT2D eigenvalue weighted by molar-refractivity contribution is 0.220. The zero-order valence-corrected chi connectivity index (χ0v) is 11.9. The Hall–Kier alpha value is -1.29. The van der Waals surface area contributed by atoms with Crippen LogP contribution in [-0.4, -0.2) is 24.7 Å². The van der Waals surface area contributed by atoms with E-state index in [1.807, 2.05) is 34.6 Å². The molecule has 1 atom stereocenters. The molecule has 102 valence electrons. The fourth-order valence-corrected chi connectivity index (χ4v) is 0.811. The predicted molar refractivity (Wildman–Crippen MR) is 74.7 cm³/mol. The molecule has 0 fully saturated rings. The predicted octanol–water partition coefficient (Wildman–Crippen LogP) is 3.11. The number of ether oxygens (including phenoxy) is 2. The number of hydrogen-bond donors (Lipinski definition) is 1. The van der Waals surface area contributed by atoms with Gasteiger partial charge in [0.25, 0.3) is 0 Å². The Labute approximate surface area is 107 Å². The summed E-state index contributed by atoms with van der Waals surface area (Å²) in [6.45, 7) is 10.4. The minimum absolute atomic E-state index is 0. The maximum atomic E-state index is 5.40. The Balaban J connectivity index is -0.000000409. The average molecular weight is 244 g/mol. The third kappa shape index (κ3) is 8.51. The van der Waals surface area contributed by atoms with E-state index in [1.165, 1.54) is 0 Å². The molecule has 0 spiro atoms. The zero-order valence-electron chi connectivity index (χ0n) is 11.9. The van der Waals surface area contributed by atoms with Gasteiger partial charge in [-0.2, -0.15) is 0 Å². The molecule has 0 radical (unpaired) electrons. The molecule has 1 rings (SSSR count). The molecule has 0 aliphatic heterocycles. The van der Waals surface area contributed by atoms with Gasteiger partial charge in [-0.3, -0.25) is 0 Å². The van der Waals surface area contributed by atoms with Crippen molar-refractivity contribution >= 4 is 0 Å². The normalized spacial score (nSPS) is 10.1. The molecule has 1 heterocycles. The molecule has 0 unspecified atom stereocenters. The molecule has 1 aromatic rings. The van der Waals surface area contributed by atoms with Gasteiger partial charge >= 0.3 is 0 Å². The number of aromatic nitrogens is 1. The van der Waals surface area contributed by atoms with Gasteiger partial charge in [0, 0.05) is 14.0 Å². The fourth-order valence-electron chi connectivity index (χ4n) is 0.811. The van der Waals surface area contributed by atoms with Crippen LogP contribution in [0.3, 0.4) is 0 Å². The molecule has 0 aromatic carbocycles. The number of methoxy groups -OCH3 is 1. The van der Waals surface area contributed by atoms with Crippen LogP contribution in [0.25, 0.3) is 0 Å². The SMILES string of the molecule is CC.CC.COc1ccc(O[C@@H](C)CN)nc1.[HH]. The molecule has 4 nitrogen and oxygen atoms in total. The van der Waals surface area contributed by atoms with E-state index in [0.717, 1.165) is 0 Å². The summed E-state index contributed by atoms with van der Waals surface area (Å²) in [5.74, 6) is 1.28. The third-order valence-corrected chi connectivity index (χ3v) is 1.60. The van der Waals surface area contributed by atoms with Crippen LogP contribution in [0.15, 0.2) is 18.3 Å². The molecule has 0 aliphatic rings. The smallest absolute Gasteiger partial charge is 0.213 e. The molecule has 0 bridgehead atoms. The summed E-state index contributed by atoms with van der Waals surface area (Å²) in [5, 5.41) is 0. The largest absolute Gasteiger partial charge is 0.495 e. The van der Waals surface area contributed by atoms with Crippen LogP contribution < -0.4 is 15.2 Å². The van der Waals surface area contributed by atoms with E-state index < -0.39 is 0 Å². The lowest BCUT2D eigenvalue weighted by Gasteiger charge is -2.11. The summed E-state index contributed by atoms with van der Waals surface area (Å²) in [5.41, 5.74) is 5.40. The molecule has 1 aromatic heterocycles. The molecule has 0 aliphatic carbocycles. The van der Waals surface area contributed by atoms with Crippen LogP contribution in [-0.2, 0) is 0 Å². The molecule has 0 saturated carbocycles. The highest BCUT2D eigenvalue weighted by Gasteiger charge is 2.01. The van der Waals surface area contributed by atoms with Crippen molar-refractivity contribution in [2.24, 2.45) is 5.73 Å². The first kappa shape index (κ1) is 18.1. The first-order chi connectivity index (χ1) is 8.26. The lowest BCUT2D eigenvalue weighted by Crippen LogP contribution is -2.23. The van der Waals surface area contributed by atoms with Crippen LogP contribution in [0, 0.1) is 0 Å². The van der Waals surface area contributed by atoms with E-state index in [4.69, 9.17) is 15.2 Å². The number of nitrogens with zero attached hydrogens (tertiary/aromatic N) is 1. The van der Waals surface area contributed by atoms with E-state index in [0.29, 0.717) is 18.2 Å². The van der Waals surface area contributed by atoms with Crippen molar-refractivity contribution in [1.82, 2.24) is 4.98 Å². The number of hydrogen-bond acceptors (Lipinski definition) is 4. The van der Waals surface area contributed by atoms with Crippen molar-refractivity contribution in [2.75, 3.05) is 13.7 Å². The maximum Gasteiger partial charge on any atom is 0.213 e.